The van der Waals surface area contributed by atoms with Crippen LogP contribution in [0.2, 0.25) is 0 Å². The Morgan fingerprint density at radius 1 is 1.00 bits per heavy atom. The van der Waals surface area contributed by atoms with E-state index in [1.807, 2.05) is 35.4 Å². The van der Waals surface area contributed by atoms with Gasteiger partial charge in [0.2, 0.25) is 0 Å². The highest BCUT2D eigenvalue weighted by Crippen LogP contribution is 2.25. The predicted molar refractivity (Wildman–Crippen MR) is 90.0 cm³/mol. The maximum absolute atomic E-state index is 6.10. The van der Waals surface area contributed by atoms with E-state index in [1.165, 1.54) is 16.7 Å². The summed E-state index contributed by atoms with van der Waals surface area (Å²) in [6.07, 6.45) is 0. The lowest BCUT2D eigenvalue weighted by Crippen LogP contribution is -2.31. The van der Waals surface area contributed by atoms with Crippen LogP contribution in [-0.4, -0.2) is 25.3 Å². The van der Waals surface area contributed by atoms with Gasteiger partial charge in [-0.25, -0.2) is 0 Å². The summed E-state index contributed by atoms with van der Waals surface area (Å²) in [5.41, 5.74) is 3.62. The fourth-order valence-electron chi connectivity index (χ4n) is 2.55. The summed E-state index contributed by atoms with van der Waals surface area (Å²) in [5.74, 6) is 0.938. The molecule has 0 bridgehead atoms. The van der Waals surface area contributed by atoms with Crippen LogP contribution in [-0.2, 0) is 4.84 Å². The van der Waals surface area contributed by atoms with Crippen LogP contribution in [0.4, 0.5) is 0 Å². The Kier molecular flexibility index (Phi) is 5.99. The number of hydrogen-bond donors (Lipinski definition) is 0. The Balaban J connectivity index is 2.18. The molecule has 1 atom stereocenters. The van der Waals surface area contributed by atoms with Crippen molar-refractivity contribution in [2.45, 2.75) is 26.8 Å². The van der Waals surface area contributed by atoms with Crippen molar-refractivity contribution in [3.8, 4) is 5.75 Å². The fourth-order valence-corrected chi connectivity index (χ4v) is 2.55. The van der Waals surface area contributed by atoms with Gasteiger partial charge in [-0.15, -0.1) is 0 Å². The van der Waals surface area contributed by atoms with Crippen molar-refractivity contribution in [2.75, 3.05) is 20.3 Å². The fraction of sp³-hybridized carbons (Fsp3) is 0.368. The first kappa shape index (κ1) is 16.5. The maximum Gasteiger partial charge on any atom is 0.122 e. The molecule has 0 N–H and O–H groups in total. The second-order valence-electron chi connectivity index (χ2n) is 5.35. The first-order valence-electron chi connectivity index (χ1n) is 7.72. The van der Waals surface area contributed by atoms with Gasteiger partial charge in [0.05, 0.1) is 13.2 Å². The van der Waals surface area contributed by atoms with Gasteiger partial charge in [0.25, 0.3) is 0 Å². The van der Waals surface area contributed by atoms with Crippen LogP contribution in [0.3, 0.4) is 0 Å². The van der Waals surface area contributed by atoms with Crippen molar-refractivity contribution in [2.24, 2.45) is 0 Å². The molecule has 2 aromatic carbocycles. The van der Waals surface area contributed by atoms with Gasteiger partial charge in [-0.05, 0) is 36.6 Å². The van der Waals surface area contributed by atoms with Crippen molar-refractivity contribution >= 4 is 0 Å². The number of nitrogens with zero attached hydrogens (tertiary/aromatic N) is 1. The molecule has 0 heterocycles. The van der Waals surface area contributed by atoms with Crippen LogP contribution < -0.4 is 4.74 Å². The molecule has 3 nitrogen and oxygen atoms in total. The van der Waals surface area contributed by atoms with E-state index in [2.05, 4.69) is 39.0 Å². The van der Waals surface area contributed by atoms with E-state index in [0.717, 1.165) is 12.3 Å². The van der Waals surface area contributed by atoms with Gasteiger partial charge in [0.15, 0.2) is 0 Å². The summed E-state index contributed by atoms with van der Waals surface area (Å²) in [4.78, 5) is 5.51. The van der Waals surface area contributed by atoms with E-state index < -0.39 is 0 Å². The molecule has 22 heavy (non-hydrogen) atoms. The molecular formula is C19H25NO2. The van der Waals surface area contributed by atoms with E-state index in [0.29, 0.717) is 6.61 Å². The molecule has 2 rings (SSSR count). The minimum absolute atomic E-state index is 0.0658. The molecule has 0 amide bonds. The monoisotopic (exact) mass is 299 g/mol. The average Bonchev–Trinajstić information content (AvgIpc) is 2.56. The highest BCUT2D eigenvalue weighted by molar-refractivity contribution is 5.38. The summed E-state index contributed by atoms with van der Waals surface area (Å²) in [6.45, 7) is 7.63. The van der Waals surface area contributed by atoms with Gasteiger partial charge in [-0.3, -0.25) is 0 Å². The largest absolute Gasteiger partial charge is 0.491 e. The summed E-state index contributed by atoms with van der Waals surface area (Å²) < 4.78 is 6.10. The van der Waals surface area contributed by atoms with Crippen molar-refractivity contribution in [1.29, 1.82) is 0 Å². The first-order valence-corrected chi connectivity index (χ1v) is 7.72. The molecule has 1 unspecified atom stereocenters. The molecular weight excluding hydrogens is 274 g/mol. The molecule has 0 aliphatic rings. The quantitative estimate of drug-likeness (QED) is 0.711. The number of hydroxylamine groups is 2. The van der Waals surface area contributed by atoms with Crippen molar-refractivity contribution < 1.29 is 9.57 Å². The number of benzene rings is 2. The minimum Gasteiger partial charge on any atom is -0.491 e. The van der Waals surface area contributed by atoms with E-state index in [9.17, 15) is 0 Å². The third-order valence-corrected chi connectivity index (χ3v) is 4.03. The van der Waals surface area contributed by atoms with Crippen LogP contribution in [0.15, 0.2) is 48.5 Å². The van der Waals surface area contributed by atoms with Gasteiger partial charge in [-0.2, -0.15) is 5.06 Å². The number of rotatable bonds is 7. The second kappa shape index (κ2) is 7.97. The van der Waals surface area contributed by atoms with E-state index in [1.54, 1.807) is 7.11 Å². The van der Waals surface area contributed by atoms with Crippen LogP contribution in [0.5, 0.6) is 5.75 Å². The predicted octanol–water partition coefficient (Wildman–Crippen LogP) is 4.31. The summed E-state index contributed by atoms with van der Waals surface area (Å²) in [7, 11) is 1.71. The third-order valence-electron chi connectivity index (χ3n) is 4.03. The lowest BCUT2D eigenvalue weighted by atomic mass is 10.1. The Morgan fingerprint density at radius 2 is 1.73 bits per heavy atom. The molecule has 0 saturated heterocycles. The Hall–Kier alpha value is -1.84. The van der Waals surface area contributed by atoms with E-state index >= 15 is 0 Å². The molecule has 0 saturated carbocycles. The SMILES string of the molecule is CCN(OC)C(COc1cccc(C)c1C)c1ccccc1. The standard InChI is InChI=1S/C19H25NO2/c1-5-20(21-4)18(17-11-7-6-8-12-17)14-22-19-13-9-10-15(2)16(19)3/h6-13,18H,5,14H2,1-4H3. The smallest absolute Gasteiger partial charge is 0.122 e. The first-order chi connectivity index (χ1) is 10.7. The van der Waals surface area contributed by atoms with Crippen LogP contribution in [0, 0.1) is 13.8 Å². The number of likely N-dealkylation sites (N-methyl/N-ethyl adjacent to an activating group) is 1. The van der Waals surface area contributed by atoms with Gasteiger partial charge in [0, 0.05) is 6.54 Å². The number of ether oxygens (including phenoxy) is 1. The highest BCUT2D eigenvalue weighted by atomic mass is 16.7. The summed E-state index contributed by atoms with van der Waals surface area (Å²) in [5, 5.41) is 1.94. The van der Waals surface area contributed by atoms with E-state index in [-0.39, 0.29) is 6.04 Å². The average molecular weight is 299 g/mol. The third kappa shape index (κ3) is 3.87. The molecule has 0 fully saturated rings. The number of hydrogen-bond acceptors (Lipinski definition) is 3. The molecule has 0 aliphatic heterocycles. The lowest BCUT2D eigenvalue weighted by molar-refractivity contribution is -0.167. The molecule has 118 valence electrons. The second-order valence-corrected chi connectivity index (χ2v) is 5.35. The topological polar surface area (TPSA) is 21.7 Å². The Morgan fingerprint density at radius 3 is 2.36 bits per heavy atom. The van der Waals surface area contributed by atoms with E-state index in [4.69, 9.17) is 9.57 Å². The Labute approximate surface area is 133 Å². The zero-order valence-electron chi connectivity index (χ0n) is 13.9. The lowest BCUT2D eigenvalue weighted by Gasteiger charge is -2.29. The Bertz CT molecular complexity index is 579. The molecule has 0 aromatic heterocycles. The van der Waals surface area contributed by atoms with Gasteiger partial charge < -0.3 is 9.57 Å². The zero-order valence-corrected chi connectivity index (χ0v) is 13.9. The molecule has 0 spiro atoms. The molecule has 3 heteroatoms. The molecule has 0 aliphatic carbocycles. The van der Waals surface area contributed by atoms with Gasteiger partial charge >= 0.3 is 0 Å². The maximum atomic E-state index is 6.10. The van der Waals surface area contributed by atoms with Crippen molar-refractivity contribution in [3.05, 3.63) is 65.2 Å². The minimum atomic E-state index is 0.0658. The van der Waals surface area contributed by atoms with Crippen LogP contribution in [0.25, 0.3) is 0 Å². The van der Waals surface area contributed by atoms with Crippen LogP contribution >= 0.6 is 0 Å². The van der Waals surface area contributed by atoms with Gasteiger partial charge in [0.1, 0.15) is 12.4 Å². The van der Waals surface area contributed by atoms with Gasteiger partial charge in [-0.1, -0.05) is 49.4 Å². The zero-order chi connectivity index (χ0) is 15.9. The summed E-state index contributed by atoms with van der Waals surface area (Å²) >= 11 is 0. The molecule has 0 radical (unpaired) electrons. The molecule has 2 aromatic rings. The normalized spacial score (nSPS) is 12.4. The number of aryl methyl sites for hydroxylation is 1. The van der Waals surface area contributed by atoms with Crippen molar-refractivity contribution in [3.63, 3.8) is 0 Å². The van der Waals surface area contributed by atoms with Crippen LogP contribution in [0.1, 0.15) is 29.7 Å². The van der Waals surface area contributed by atoms with Crippen molar-refractivity contribution in [1.82, 2.24) is 5.06 Å². The summed E-state index contributed by atoms with van der Waals surface area (Å²) in [6, 6.07) is 16.6. The highest BCUT2D eigenvalue weighted by Gasteiger charge is 2.20.